The molecule has 2 aliphatic heterocycles. The van der Waals surface area contributed by atoms with E-state index in [0.717, 1.165) is 4.90 Å². The molecule has 3 aromatic carbocycles. The van der Waals surface area contributed by atoms with Crippen LogP contribution >= 0.6 is 23.2 Å². The number of hydrogen-bond donors (Lipinski definition) is 0. The molecule has 166 valence electrons. The summed E-state index contributed by atoms with van der Waals surface area (Å²) in [7, 11) is 1.51. The molecular formula is C25H17Cl2NO5. The van der Waals surface area contributed by atoms with Crippen LogP contribution in [0.25, 0.3) is 0 Å². The molecule has 0 unspecified atom stereocenters. The Morgan fingerprint density at radius 1 is 0.939 bits per heavy atom. The van der Waals surface area contributed by atoms with Gasteiger partial charge in [0.2, 0.25) is 11.8 Å². The number of fused-ring (bicyclic) bond motifs is 1. The van der Waals surface area contributed by atoms with Crippen molar-refractivity contribution in [2.24, 2.45) is 5.92 Å². The van der Waals surface area contributed by atoms with Crippen molar-refractivity contribution in [3.63, 3.8) is 0 Å². The van der Waals surface area contributed by atoms with E-state index < -0.39 is 29.1 Å². The molecule has 6 nitrogen and oxygen atoms in total. The first kappa shape index (κ1) is 21.5. The van der Waals surface area contributed by atoms with Gasteiger partial charge in [-0.25, -0.2) is 0 Å². The number of rotatable bonds is 4. The van der Waals surface area contributed by atoms with Crippen LogP contribution in [0.5, 0.6) is 11.5 Å². The zero-order valence-corrected chi connectivity index (χ0v) is 18.9. The Morgan fingerprint density at radius 3 is 2.21 bits per heavy atom. The Bertz CT molecular complexity index is 1290. The third-order valence-corrected chi connectivity index (χ3v) is 6.69. The average Bonchev–Trinajstić information content (AvgIpc) is 3.27. The fourth-order valence-electron chi connectivity index (χ4n) is 4.67. The van der Waals surface area contributed by atoms with Gasteiger partial charge >= 0.3 is 5.97 Å². The minimum absolute atomic E-state index is 0.171. The summed E-state index contributed by atoms with van der Waals surface area (Å²) in [5.74, 6) is -1.74. The van der Waals surface area contributed by atoms with Gasteiger partial charge in [0.15, 0.2) is 0 Å². The van der Waals surface area contributed by atoms with E-state index in [1.807, 2.05) is 0 Å². The zero-order chi connectivity index (χ0) is 23.3. The van der Waals surface area contributed by atoms with Crippen LogP contribution in [0.3, 0.4) is 0 Å². The highest BCUT2D eigenvalue weighted by Gasteiger charge is 2.62. The molecule has 8 heteroatoms. The van der Waals surface area contributed by atoms with E-state index in [9.17, 15) is 14.4 Å². The van der Waals surface area contributed by atoms with Gasteiger partial charge in [-0.1, -0.05) is 35.3 Å². The van der Waals surface area contributed by atoms with E-state index in [4.69, 9.17) is 32.7 Å². The summed E-state index contributed by atoms with van der Waals surface area (Å²) in [4.78, 5) is 41.5. The number of carbonyl (C=O) groups is 3. The van der Waals surface area contributed by atoms with Crippen LogP contribution < -0.4 is 14.4 Å². The molecule has 2 aliphatic rings. The maximum Gasteiger partial charge on any atom is 0.327 e. The highest BCUT2D eigenvalue weighted by molar-refractivity contribution is 6.31. The topological polar surface area (TPSA) is 72.9 Å². The summed E-state index contributed by atoms with van der Waals surface area (Å²) < 4.78 is 11.0. The Balaban J connectivity index is 1.71. The number of hydrogen-bond acceptors (Lipinski definition) is 5. The van der Waals surface area contributed by atoms with E-state index in [0.29, 0.717) is 38.4 Å². The van der Waals surface area contributed by atoms with Crippen LogP contribution in [0.1, 0.15) is 17.5 Å². The number of ether oxygens (including phenoxy) is 2. The SMILES string of the molecule is COc1ccc2c(c1)[C@@](c1ccc(Cl)cc1)([C@@H]1CC(=O)N(c3ccc(Cl)cc3)C1=O)C(=O)O2. The molecule has 0 bridgehead atoms. The van der Waals surface area contributed by atoms with Crippen molar-refractivity contribution in [1.29, 1.82) is 0 Å². The Labute approximate surface area is 199 Å². The van der Waals surface area contributed by atoms with Crippen LogP contribution in [0.15, 0.2) is 66.7 Å². The van der Waals surface area contributed by atoms with E-state index in [-0.39, 0.29) is 6.42 Å². The van der Waals surface area contributed by atoms with Crippen LogP contribution in [0, 0.1) is 5.92 Å². The average molecular weight is 482 g/mol. The summed E-state index contributed by atoms with van der Waals surface area (Å²) in [6, 6.07) is 18.0. The fourth-order valence-corrected chi connectivity index (χ4v) is 4.92. The van der Waals surface area contributed by atoms with Gasteiger partial charge < -0.3 is 9.47 Å². The van der Waals surface area contributed by atoms with Gasteiger partial charge in [0.05, 0.1) is 18.7 Å². The molecular weight excluding hydrogens is 465 g/mol. The summed E-state index contributed by atoms with van der Waals surface area (Å²) in [6.07, 6.45) is -0.171. The standard InChI is InChI=1S/C25H17Cl2NO5/c1-32-18-10-11-21-19(12-18)25(24(31)33-21,14-2-4-15(26)5-3-14)20-13-22(29)28(23(20)30)17-8-6-16(27)7-9-17/h2-12,20H,13H2,1H3/t20-,25+/m1/s1. The summed E-state index contributed by atoms with van der Waals surface area (Å²) >= 11 is 12.1. The second-order valence-corrected chi connectivity index (χ2v) is 8.74. The molecule has 0 saturated carbocycles. The van der Waals surface area contributed by atoms with Gasteiger partial charge in [-0.05, 0) is 60.2 Å². The monoisotopic (exact) mass is 481 g/mol. The number of imide groups is 1. The lowest BCUT2D eigenvalue weighted by Crippen LogP contribution is -2.46. The molecule has 0 aliphatic carbocycles. The minimum Gasteiger partial charge on any atom is -0.497 e. The van der Waals surface area contributed by atoms with Gasteiger partial charge in [-0.2, -0.15) is 0 Å². The van der Waals surface area contributed by atoms with Gasteiger partial charge in [-0.3, -0.25) is 19.3 Å². The summed E-state index contributed by atoms with van der Waals surface area (Å²) in [5.41, 5.74) is -0.172. The number of halogens is 2. The zero-order valence-electron chi connectivity index (χ0n) is 17.4. The molecule has 0 radical (unpaired) electrons. The number of amides is 2. The lowest BCUT2D eigenvalue weighted by Gasteiger charge is -2.31. The summed E-state index contributed by atoms with van der Waals surface area (Å²) in [5, 5.41) is 0.954. The Morgan fingerprint density at radius 2 is 1.58 bits per heavy atom. The van der Waals surface area contributed by atoms with E-state index in [1.54, 1.807) is 66.7 Å². The van der Waals surface area contributed by atoms with Gasteiger partial charge in [0.25, 0.3) is 0 Å². The number of esters is 1. The lowest BCUT2D eigenvalue weighted by molar-refractivity contribution is -0.141. The van der Waals surface area contributed by atoms with E-state index >= 15 is 0 Å². The summed E-state index contributed by atoms with van der Waals surface area (Å²) in [6.45, 7) is 0. The third kappa shape index (κ3) is 3.21. The third-order valence-electron chi connectivity index (χ3n) is 6.19. The fraction of sp³-hybridized carbons (Fsp3) is 0.160. The molecule has 1 saturated heterocycles. The molecule has 2 atom stereocenters. The maximum atomic E-state index is 13.8. The first-order chi connectivity index (χ1) is 15.9. The number of nitrogens with zero attached hydrogens (tertiary/aromatic N) is 1. The molecule has 0 aromatic heterocycles. The second kappa shape index (κ2) is 7.90. The van der Waals surface area contributed by atoms with Crippen LogP contribution in [0.4, 0.5) is 5.69 Å². The number of methoxy groups -OCH3 is 1. The van der Waals surface area contributed by atoms with Crippen molar-refractivity contribution >= 4 is 46.7 Å². The van der Waals surface area contributed by atoms with Crippen LogP contribution in [0.2, 0.25) is 10.0 Å². The highest BCUT2D eigenvalue weighted by atomic mass is 35.5. The maximum absolute atomic E-state index is 13.8. The smallest absolute Gasteiger partial charge is 0.327 e. The van der Waals surface area contributed by atoms with Crippen molar-refractivity contribution < 1.29 is 23.9 Å². The molecule has 2 heterocycles. The Kier molecular flexibility index (Phi) is 5.15. The second-order valence-electron chi connectivity index (χ2n) is 7.87. The van der Waals surface area contributed by atoms with Crippen molar-refractivity contribution in [1.82, 2.24) is 0 Å². The lowest BCUT2D eigenvalue weighted by atomic mass is 9.65. The predicted molar refractivity (Wildman–Crippen MR) is 123 cm³/mol. The predicted octanol–water partition coefficient (Wildman–Crippen LogP) is 4.79. The van der Waals surface area contributed by atoms with Crippen LogP contribution in [-0.2, 0) is 19.8 Å². The molecule has 5 rings (SSSR count). The normalized spacial score (nSPS) is 21.8. The molecule has 33 heavy (non-hydrogen) atoms. The molecule has 2 amide bonds. The number of anilines is 1. The largest absolute Gasteiger partial charge is 0.497 e. The molecule has 1 fully saturated rings. The van der Waals surface area contributed by atoms with Crippen molar-refractivity contribution in [2.75, 3.05) is 12.0 Å². The molecule has 0 spiro atoms. The van der Waals surface area contributed by atoms with Gasteiger partial charge in [0.1, 0.15) is 16.9 Å². The number of benzene rings is 3. The van der Waals surface area contributed by atoms with Gasteiger partial charge in [0, 0.05) is 22.0 Å². The van der Waals surface area contributed by atoms with Crippen molar-refractivity contribution in [2.45, 2.75) is 11.8 Å². The number of carbonyl (C=O) groups excluding carboxylic acids is 3. The van der Waals surface area contributed by atoms with Crippen molar-refractivity contribution in [3.8, 4) is 11.5 Å². The quantitative estimate of drug-likeness (QED) is 0.304. The van der Waals surface area contributed by atoms with Crippen LogP contribution in [-0.4, -0.2) is 24.9 Å². The van der Waals surface area contributed by atoms with Crippen molar-refractivity contribution in [3.05, 3.63) is 87.9 Å². The minimum atomic E-state index is -1.54. The first-order valence-corrected chi connectivity index (χ1v) is 10.9. The Hall–Kier alpha value is -3.35. The highest BCUT2D eigenvalue weighted by Crippen LogP contribution is 2.53. The molecule has 3 aromatic rings. The molecule has 0 N–H and O–H groups in total. The van der Waals surface area contributed by atoms with E-state index in [2.05, 4.69) is 0 Å². The van der Waals surface area contributed by atoms with E-state index in [1.165, 1.54) is 7.11 Å². The first-order valence-electron chi connectivity index (χ1n) is 10.2. The van der Waals surface area contributed by atoms with Gasteiger partial charge in [-0.15, -0.1) is 0 Å².